The Morgan fingerprint density at radius 1 is 1.42 bits per heavy atom. The molecule has 1 fully saturated rings. The van der Waals surface area contributed by atoms with Gasteiger partial charge in [0.2, 0.25) is 5.88 Å². The van der Waals surface area contributed by atoms with Crippen LogP contribution in [0.4, 0.5) is 4.39 Å². The first-order valence-electron chi connectivity index (χ1n) is 7.70. The summed E-state index contributed by atoms with van der Waals surface area (Å²) in [6.45, 7) is 2.26. The van der Waals surface area contributed by atoms with Crippen molar-refractivity contribution in [2.75, 3.05) is 26.0 Å². The highest BCUT2D eigenvalue weighted by molar-refractivity contribution is 7.98. The number of aryl methyl sites for hydroxylation is 1. The fraction of sp³-hybridized carbons (Fsp3) is 0.533. The topological polar surface area (TPSA) is 80.2 Å². The second kappa shape index (κ2) is 7.77. The number of pyridine rings is 1. The van der Waals surface area contributed by atoms with Crippen LogP contribution in [0, 0.1) is 5.82 Å². The predicted molar refractivity (Wildman–Crippen MR) is 91.3 cm³/mol. The summed E-state index contributed by atoms with van der Waals surface area (Å²) in [5, 5.41) is 13.9. The summed E-state index contributed by atoms with van der Waals surface area (Å²) in [5.74, 6) is -1.01. The third-order valence-electron chi connectivity index (χ3n) is 3.91. The number of aromatic hydroxyl groups is 1. The molecule has 9 heteroatoms. The Kier molecular flexibility index (Phi) is 5.70. The van der Waals surface area contributed by atoms with Crippen LogP contribution >= 0.6 is 23.4 Å². The lowest BCUT2D eigenvalue weighted by molar-refractivity contribution is 0.129. The number of hydrogen-bond donors (Lipinski definition) is 2. The maximum atomic E-state index is 14.3. The third kappa shape index (κ3) is 3.72. The summed E-state index contributed by atoms with van der Waals surface area (Å²) in [7, 11) is 0. The van der Waals surface area contributed by atoms with Crippen LogP contribution in [0.3, 0.4) is 0 Å². The van der Waals surface area contributed by atoms with Crippen molar-refractivity contribution in [1.29, 1.82) is 0 Å². The summed E-state index contributed by atoms with van der Waals surface area (Å²) in [4.78, 5) is 12.2. The fourth-order valence-electron chi connectivity index (χ4n) is 2.71. The first-order valence-corrected chi connectivity index (χ1v) is 9.30. The molecule has 0 radical (unpaired) electrons. The Hall–Kier alpha value is -1.22. The van der Waals surface area contributed by atoms with Crippen molar-refractivity contribution in [2.24, 2.45) is 0 Å². The van der Waals surface area contributed by atoms with Gasteiger partial charge in [0, 0.05) is 12.6 Å². The summed E-state index contributed by atoms with van der Waals surface area (Å²) in [6, 6.07) is 0.182. The Morgan fingerprint density at radius 2 is 2.25 bits per heavy atom. The van der Waals surface area contributed by atoms with E-state index in [1.54, 1.807) is 6.26 Å². The second-order valence-electron chi connectivity index (χ2n) is 5.54. The summed E-state index contributed by atoms with van der Waals surface area (Å²) in [6.07, 6.45) is 3.97. The molecule has 0 spiro atoms. The van der Waals surface area contributed by atoms with Gasteiger partial charge in [-0.15, -0.1) is 0 Å². The molecular weight excluding hydrogens is 355 g/mol. The predicted octanol–water partition coefficient (Wildman–Crippen LogP) is 2.56. The average molecular weight is 373 g/mol. The standard InChI is InChI=1S/C15H18ClFN4O2S/c1-24-15-20-12-10(14(22)21-15)9(19-13(16)11(12)17)4-3-8-7-23-6-2-5-18-8/h8,18H,2-7H2,1H3,(H,20,21,22). The SMILES string of the molecule is CSc1nc(O)c2c(CCC3COCCCN3)nc(Cl)c(F)c2n1. The van der Waals surface area contributed by atoms with Gasteiger partial charge in [0.25, 0.3) is 0 Å². The van der Waals surface area contributed by atoms with E-state index < -0.39 is 5.82 Å². The van der Waals surface area contributed by atoms with Gasteiger partial charge >= 0.3 is 0 Å². The molecule has 0 saturated carbocycles. The molecule has 6 nitrogen and oxygen atoms in total. The van der Waals surface area contributed by atoms with E-state index in [1.165, 1.54) is 11.8 Å². The Bertz CT molecular complexity index is 741. The molecule has 2 aromatic rings. The number of rotatable bonds is 4. The molecule has 0 amide bonds. The van der Waals surface area contributed by atoms with Crippen molar-refractivity contribution in [3.05, 3.63) is 16.7 Å². The molecule has 0 aliphatic carbocycles. The maximum absolute atomic E-state index is 14.3. The number of fused-ring (bicyclic) bond motifs is 1. The highest BCUT2D eigenvalue weighted by Crippen LogP contribution is 2.32. The highest BCUT2D eigenvalue weighted by Gasteiger charge is 2.21. The van der Waals surface area contributed by atoms with Gasteiger partial charge in [0.1, 0.15) is 5.52 Å². The van der Waals surface area contributed by atoms with Gasteiger partial charge in [-0.05, 0) is 32.1 Å². The number of thioether (sulfide) groups is 1. The molecule has 3 heterocycles. The van der Waals surface area contributed by atoms with Gasteiger partial charge in [-0.1, -0.05) is 23.4 Å². The van der Waals surface area contributed by atoms with E-state index >= 15 is 0 Å². The number of nitrogens with one attached hydrogen (secondary N) is 1. The fourth-order valence-corrected chi connectivity index (χ4v) is 3.26. The van der Waals surface area contributed by atoms with Crippen molar-refractivity contribution in [3.8, 4) is 5.88 Å². The molecular formula is C15H18ClFN4O2S. The molecule has 1 saturated heterocycles. The minimum Gasteiger partial charge on any atom is -0.493 e. The number of hydrogen-bond acceptors (Lipinski definition) is 7. The molecule has 0 bridgehead atoms. The van der Waals surface area contributed by atoms with Gasteiger partial charge < -0.3 is 15.2 Å². The normalized spacial score (nSPS) is 18.7. The molecule has 2 aromatic heterocycles. The van der Waals surface area contributed by atoms with E-state index in [0.717, 1.165) is 26.0 Å². The molecule has 1 aliphatic rings. The smallest absolute Gasteiger partial charge is 0.224 e. The molecule has 130 valence electrons. The van der Waals surface area contributed by atoms with Crippen molar-refractivity contribution in [2.45, 2.75) is 30.5 Å². The van der Waals surface area contributed by atoms with Crippen LogP contribution in [0.15, 0.2) is 5.16 Å². The van der Waals surface area contributed by atoms with E-state index in [9.17, 15) is 9.50 Å². The molecule has 1 aliphatic heterocycles. The van der Waals surface area contributed by atoms with E-state index in [2.05, 4.69) is 20.3 Å². The van der Waals surface area contributed by atoms with Crippen LogP contribution in [0.5, 0.6) is 5.88 Å². The van der Waals surface area contributed by atoms with E-state index in [4.69, 9.17) is 16.3 Å². The average Bonchev–Trinajstić information content (AvgIpc) is 2.85. The van der Waals surface area contributed by atoms with Crippen LogP contribution in [0.25, 0.3) is 10.9 Å². The van der Waals surface area contributed by atoms with Crippen molar-refractivity contribution >= 4 is 34.3 Å². The van der Waals surface area contributed by atoms with Gasteiger partial charge in [0.15, 0.2) is 16.1 Å². The van der Waals surface area contributed by atoms with Crippen molar-refractivity contribution in [1.82, 2.24) is 20.3 Å². The first-order chi connectivity index (χ1) is 11.6. The molecule has 0 aromatic carbocycles. The molecule has 1 atom stereocenters. The zero-order valence-electron chi connectivity index (χ0n) is 13.2. The highest BCUT2D eigenvalue weighted by atomic mass is 35.5. The van der Waals surface area contributed by atoms with Crippen LogP contribution in [-0.2, 0) is 11.2 Å². The molecule has 3 rings (SSSR count). The Morgan fingerprint density at radius 3 is 3.04 bits per heavy atom. The Labute approximate surface area is 148 Å². The Balaban J connectivity index is 1.93. The maximum Gasteiger partial charge on any atom is 0.224 e. The lowest BCUT2D eigenvalue weighted by atomic mass is 10.1. The van der Waals surface area contributed by atoms with Crippen LogP contribution in [0.2, 0.25) is 5.15 Å². The monoisotopic (exact) mass is 372 g/mol. The van der Waals surface area contributed by atoms with Gasteiger partial charge in [-0.2, -0.15) is 4.98 Å². The molecule has 24 heavy (non-hydrogen) atoms. The van der Waals surface area contributed by atoms with Crippen LogP contribution < -0.4 is 5.32 Å². The summed E-state index contributed by atoms with van der Waals surface area (Å²) in [5.41, 5.74) is 0.500. The molecule has 1 unspecified atom stereocenters. The minimum atomic E-state index is -0.737. The summed E-state index contributed by atoms with van der Waals surface area (Å²) >= 11 is 7.13. The van der Waals surface area contributed by atoms with Gasteiger partial charge in [0.05, 0.1) is 17.7 Å². The van der Waals surface area contributed by atoms with E-state index in [1.807, 2.05) is 0 Å². The van der Waals surface area contributed by atoms with Crippen molar-refractivity contribution in [3.63, 3.8) is 0 Å². The van der Waals surface area contributed by atoms with E-state index in [-0.39, 0.29) is 33.1 Å². The molecule has 2 N–H and O–H groups in total. The summed E-state index contributed by atoms with van der Waals surface area (Å²) < 4.78 is 19.8. The number of nitrogens with zero attached hydrogens (tertiary/aromatic N) is 3. The number of ether oxygens (including phenoxy) is 1. The van der Waals surface area contributed by atoms with Gasteiger partial charge in [-0.3, -0.25) is 0 Å². The second-order valence-corrected chi connectivity index (χ2v) is 6.67. The van der Waals surface area contributed by atoms with E-state index in [0.29, 0.717) is 18.7 Å². The van der Waals surface area contributed by atoms with Crippen LogP contribution in [0.1, 0.15) is 18.5 Å². The lowest BCUT2D eigenvalue weighted by Crippen LogP contribution is -2.32. The number of halogens is 2. The quantitative estimate of drug-likeness (QED) is 0.485. The first kappa shape index (κ1) is 17.6. The zero-order valence-corrected chi connectivity index (χ0v) is 14.8. The lowest BCUT2D eigenvalue weighted by Gasteiger charge is -2.16. The van der Waals surface area contributed by atoms with Gasteiger partial charge in [-0.25, -0.2) is 14.4 Å². The third-order valence-corrected chi connectivity index (χ3v) is 4.71. The largest absolute Gasteiger partial charge is 0.493 e. The number of aromatic nitrogens is 3. The van der Waals surface area contributed by atoms with Crippen LogP contribution in [-0.4, -0.2) is 52.1 Å². The zero-order chi connectivity index (χ0) is 17.1. The minimum absolute atomic E-state index is 0.00641. The van der Waals surface area contributed by atoms with Crippen molar-refractivity contribution < 1.29 is 14.2 Å².